The van der Waals surface area contributed by atoms with Crippen LogP contribution in [0.15, 0.2) is 29.3 Å². The molecule has 4 rings (SSSR count). The van der Waals surface area contributed by atoms with E-state index in [1.54, 1.807) is 6.07 Å². The van der Waals surface area contributed by atoms with E-state index in [1.165, 1.54) is 11.8 Å². The number of likely N-dealkylation sites (N-methyl/N-ethyl adjacent to an activating group) is 1. The smallest absolute Gasteiger partial charge is 0.239 e. The molecule has 1 aromatic carbocycles. The summed E-state index contributed by atoms with van der Waals surface area (Å²) in [6.07, 6.45) is 0. The number of aryl methyl sites for hydroxylation is 2. The molecule has 8 nitrogen and oxygen atoms in total. The van der Waals surface area contributed by atoms with Gasteiger partial charge in [0, 0.05) is 32.2 Å². The average Bonchev–Trinajstić information content (AvgIpc) is 3.19. The van der Waals surface area contributed by atoms with Gasteiger partial charge in [0.2, 0.25) is 5.91 Å². The van der Waals surface area contributed by atoms with Crippen LogP contribution in [0, 0.1) is 13.8 Å². The van der Waals surface area contributed by atoms with E-state index in [4.69, 9.17) is 11.6 Å². The van der Waals surface area contributed by atoms with Crippen molar-refractivity contribution in [1.82, 2.24) is 14.9 Å². The van der Waals surface area contributed by atoms with Crippen molar-refractivity contribution < 1.29 is 4.79 Å². The SMILES string of the molecule is Cc1nc(NC2=NCC(C(=O)Nc3c(C)cccc3Cl)S2)cc(N2CCN(C)CC2)n1. The number of nitrogens with one attached hydrogen (secondary N) is 2. The molecule has 1 fully saturated rings. The molecule has 2 N–H and O–H groups in total. The number of nitrogens with zero attached hydrogens (tertiary/aromatic N) is 5. The number of aliphatic imine (C=N–C) groups is 1. The van der Waals surface area contributed by atoms with E-state index in [1.807, 2.05) is 32.0 Å². The van der Waals surface area contributed by atoms with Gasteiger partial charge in [0.25, 0.3) is 0 Å². The molecule has 0 radical (unpaired) electrons. The number of rotatable bonds is 4. The first-order valence-corrected chi connectivity index (χ1v) is 11.5. The minimum atomic E-state index is -0.321. The normalized spacial score (nSPS) is 19.3. The molecule has 0 saturated carbocycles. The summed E-state index contributed by atoms with van der Waals surface area (Å²) in [5.41, 5.74) is 1.58. The first-order valence-electron chi connectivity index (χ1n) is 10.2. The van der Waals surface area contributed by atoms with E-state index in [2.05, 4.69) is 42.4 Å². The fourth-order valence-electron chi connectivity index (χ4n) is 3.50. The first kappa shape index (κ1) is 21.9. The Bertz CT molecular complexity index is 987. The van der Waals surface area contributed by atoms with Gasteiger partial charge < -0.3 is 20.4 Å². The van der Waals surface area contributed by atoms with Crippen molar-refractivity contribution in [2.45, 2.75) is 19.1 Å². The highest BCUT2D eigenvalue weighted by molar-refractivity contribution is 8.15. The lowest BCUT2D eigenvalue weighted by Gasteiger charge is -2.33. The lowest BCUT2D eigenvalue weighted by molar-refractivity contribution is -0.115. The maximum atomic E-state index is 12.7. The summed E-state index contributed by atoms with van der Waals surface area (Å²) in [5.74, 6) is 2.19. The Balaban J connectivity index is 1.38. The average molecular weight is 460 g/mol. The molecular formula is C21H26ClN7OS. The van der Waals surface area contributed by atoms with E-state index in [-0.39, 0.29) is 11.2 Å². The quantitative estimate of drug-likeness (QED) is 0.726. The van der Waals surface area contributed by atoms with E-state index >= 15 is 0 Å². The molecule has 1 atom stereocenters. The third-order valence-corrected chi connectivity index (χ3v) is 6.72. The van der Waals surface area contributed by atoms with Gasteiger partial charge in [-0.2, -0.15) is 0 Å². The number of amides is 1. The number of halogens is 1. The van der Waals surface area contributed by atoms with Gasteiger partial charge in [0.05, 0.1) is 17.3 Å². The number of para-hydroxylation sites is 1. The lowest BCUT2D eigenvalue weighted by atomic mass is 10.2. The lowest BCUT2D eigenvalue weighted by Crippen LogP contribution is -2.44. The Labute approximate surface area is 191 Å². The molecule has 1 aromatic heterocycles. The third kappa shape index (κ3) is 5.28. The number of thioether (sulfide) groups is 1. The van der Waals surface area contributed by atoms with E-state index in [0.29, 0.717) is 34.1 Å². The maximum absolute atomic E-state index is 12.7. The standard InChI is InChI=1S/C21H26ClN7OS/c1-13-5-4-6-15(22)19(13)27-20(30)16-12-23-21(31-16)26-17-11-18(25-14(2)24-17)29-9-7-28(3)8-10-29/h4-6,11,16H,7-10,12H2,1-3H3,(H,27,30)(H,23,24,25,26). The van der Waals surface area contributed by atoms with Crippen LogP contribution < -0.4 is 15.5 Å². The zero-order valence-corrected chi connectivity index (χ0v) is 19.4. The molecular weight excluding hydrogens is 434 g/mol. The second-order valence-corrected chi connectivity index (χ2v) is 9.35. The fraction of sp³-hybridized carbons (Fsp3) is 0.429. The number of carbonyl (C=O) groups is 1. The van der Waals surface area contributed by atoms with Gasteiger partial charge in [-0.05, 0) is 32.5 Å². The Hall–Kier alpha value is -2.36. The van der Waals surface area contributed by atoms with E-state index < -0.39 is 0 Å². The summed E-state index contributed by atoms with van der Waals surface area (Å²) in [4.78, 5) is 30.9. The van der Waals surface area contributed by atoms with Crippen LogP contribution in [-0.2, 0) is 4.79 Å². The molecule has 1 amide bonds. The Morgan fingerprint density at radius 2 is 1.97 bits per heavy atom. The largest absolute Gasteiger partial charge is 0.354 e. The van der Waals surface area contributed by atoms with Crippen molar-refractivity contribution in [2.75, 3.05) is 55.3 Å². The highest BCUT2D eigenvalue weighted by Gasteiger charge is 2.28. The predicted octanol–water partition coefficient (Wildman–Crippen LogP) is 3.02. The van der Waals surface area contributed by atoms with Crippen molar-refractivity contribution in [2.24, 2.45) is 4.99 Å². The second-order valence-electron chi connectivity index (χ2n) is 7.75. The molecule has 2 aliphatic heterocycles. The summed E-state index contributed by atoms with van der Waals surface area (Å²) in [5, 5.41) is 7.09. The number of carbonyl (C=O) groups excluding carboxylic acids is 1. The van der Waals surface area contributed by atoms with Crippen LogP contribution in [0.4, 0.5) is 17.3 Å². The number of piperazine rings is 1. The topological polar surface area (TPSA) is 85.7 Å². The minimum absolute atomic E-state index is 0.112. The second kappa shape index (κ2) is 9.42. The van der Waals surface area contributed by atoms with E-state index in [0.717, 1.165) is 37.6 Å². The Morgan fingerprint density at radius 3 is 2.71 bits per heavy atom. The summed E-state index contributed by atoms with van der Waals surface area (Å²) < 4.78 is 0. The Kier molecular flexibility index (Phi) is 6.64. The summed E-state index contributed by atoms with van der Waals surface area (Å²) in [6.45, 7) is 8.10. The van der Waals surface area contributed by atoms with Gasteiger partial charge >= 0.3 is 0 Å². The van der Waals surface area contributed by atoms with Crippen molar-refractivity contribution in [3.05, 3.63) is 40.7 Å². The van der Waals surface area contributed by atoms with Gasteiger partial charge in [-0.3, -0.25) is 9.79 Å². The van der Waals surface area contributed by atoms with Gasteiger partial charge in [-0.25, -0.2) is 9.97 Å². The van der Waals surface area contributed by atoms with Crippen LogP contribution in [0.25, 0.3) is 0 Å². The van der Waals surface area contributed by atoms with Gasteiger partial charge in [0.15, 0.2) is 5.17 Å². The van der Waals surface area contributed by atoms with Crippen LogP contribution in [0.1, 0.15) is 11.4 Å². The van der Waals surface area contributed by atoms with Crippen molar-refractivity contribution in [1.29, 1.82) is 0 Å². The predicted molar refractivity (Wildman–Crippen MR) is 129 cm³/mol. The molecule has 31 heavy (non-hydrogen) atoms. The van der Waals surface area contributed by atoms with Crippen LogP contribution in [-0.4, -0.2) is 71.0 Å². The zero-order valence-electron chi connectivity index (χ0n) is 17.9. The number of aromatic nitrogens is 2. The summed E-state index contributed by atoms with van der Waals surface area (Å²) in [6, 6.07) is 7.50. The van der Waals surface area contributed by atoms with Crippen molar-refractivity contribution in [3.63, 3.8) is 0 Å². The molecule has 2 aliphatic rings. The highest BCUT2D eigenvalue weighted by atomic mass is 35.5. The molecule has 0 spiro atoms. The number of hydrogen-bond acceptors (Lipinski definition) is 8. The summed E-state index contributed by atoms with van der Waals surface area (Å²) >= 11 is 7.63. The molecule has 10 heteroatoms. The zero-order chi connectivity index (χ0) is 22.0. The number of benzene rings is 1. The summed E-state index contributed by atoms with van der Waals surface area (Å²) in [7, 11) is 2.13. The number of anilines is 3. The monoisotopic (exact) mass is 459 g/mol. The number of hydrogen-bond donors (Lipinski definition) is 2. The van der Waals surface area contributed by atoms with E-state index in [9.17, 15) is 4.79 Å². The van der Waals surface area contributed by atoms with Crippen LogP contribution >= 0.6 is 23.4 Å². The first-order chi connectivity index (χ1) is 14.9. The van der Waals surface area contributed by atoms with Crippen molar-refractivity contribution >= 4 is 51.8 Å². The molecule has 2 aromatic rings. The van der Waals surface area contributed by atoms with Crippen LogP contribution in [0.3, 0.4) is 0 Å². The molecule has 3 heterocycles. The fourth-order valence-corrected chi connectivity index (χ4v) is 4.66. The van der Waals surface area contributed by atoms with Gasteiger partial charge in [-0.1, -0.05) is 35.5 Å². The molecule has 1 saturated heterocycles. The van der Waals surface area contributed by atoms with Gasteiger partial charge in [0.1, 0.15) is 22.7 Å². The third-order valence-electron chi connectivity index (χ3n) is 5.30. The molecule has 1 unspecified atom stereocenters. The van der Waals surface area contributed by atoms with Crippen LogP contribution in [0.2, 0.25) is 5.02 Å². The number of amidine groups is 1. The molecule has 0 aliphatic carbocycles. The maximum Gasteiger partial charge on any atom is 0.239 e. The van der Waals surface area contributed by atoms with Crippen LogP contribution in [0.5, 0.6) is 0 Å². The molecule has 164 valence electrons. The van der Waals surface area contributed by atoms with Gasteiger partial charge in [-0.15, -0.1) is 0 Å². The van der Waals surface area contributed by atoms with Crippen molar-refractivity contribution in [3.8, 4) is 0 Å². The minimum Gasteiger partial charge on any atom is -0.354 e. The molecule has 0 bridgehead atoms. The Morgan fingerprint density at radius 1 is 1.19 bits per heavy atom. The highest BCUT2D eigenvalue weighted by Crippen LogP contribution is 2.29.